The van der Waals surface area contributed by atoms with E-state index in [1.165, 1.54) is 0 Å². The third kappa shape index (κ3) is 4.60. The van der Waals surface area contributed by atoms with E-state index in [-0.39, 0.29) is 5.92 Å². The fourth-order valence-electron chi connectivity index (χ4n) is 2.30. The Labute approximate surface area is 139 Å². The van der Waals surface area contributed by atoms with Crippen LogP contribution in [0.25, 0.3) is 0 Å². The number of carboxylic acids is 1. The summed E-state index contributed by atoms with van der Waals surface area (Å²) in [4.78, 5) is 24.2. The Morgan fingerprint density at radius 3 is 2.22 bits per heavy atom. The molecule has 120 valence electrons. The predicted octanol–water partition coefficient (Wildman–Crippen LogP) is 4.80. The summed E-state index contributed by atoms with van der Waals surface area (Å²) in [6.45, 7) is 3.70. The topological polar surface area (TPSA) is 63.6 Å². The van der Waals surface area contributed by atoms with Crippen LogP contribution >= 0.6 is 11.8 Å². The SMILES string of the molecule is CC(C)C(C(=O)O)c1ccccc1SC(=O)Oc1ccccc1. The van der Waals surface area contributed by atoms with E-state index in [0.29, 0.717) is 16.2 Å². The molecule has 4 nitrogen and oxygen atoms in total. The molecule has 0 heterocycles. The first-order chi connectivity index (χ1) is 11.0. The zero-order chi connectivity index (χ0) is 16.8. The van der Waals surface area contributed by atoms with Gasteiger partial charge in [0, 0.05) is 4.90 Å². The molecular formula is C18H18O4S. The second-order valence-corrected chi connectivity index (χ2v) is 6.34. The quantitative estimate of drug-likeness (QED) is 0.630. The zero-order valence-corrected chi connectivity index (χ0v) is 13.7. The van der Waals surface area contributed by atoms with Crippen molar-refractivity contribution in [2.45, 2.75) is 24.7 Å². The molecule has 1 unspecified atom stereocenters. The lowest BCUT2D eigenvalue weighted by molar-refractivity contribution is -0.139. The van der Waals surface area contributed by atoms with Gasteiger partial charge in [0.15, 0.2) is 0 Å². The summed E-state index contributed by atoms with van der Waals surface area (Å²) in [6.07, 6.45) is 0. The Balaban J connectivity index is 2.20. The second kappa shape index (κ2) is 7.83. The van der Waals surface area contributed by atoms with Gasteiger partial charge in [-0.1, -0.05) is 50.2 Å². The molecular weight excluding hydrogens is 312 g/mol. The van der Waals surface area contributed by atoms with Crippen LogP contribution < -0.4 is 4.74 Å². The molecule has 1 N–H and O–H groups in total. The molecule has 0 fully saturated rings. The minimum atomic E-state index is -0.899. The Morgan fingerprint density at radius 1 is 1.00 bits per heavy atom. The number of carboxylic acid groups (broad SMARTS) is 1. The van der Waals surface area contributed by atoms with Gasteiger partial charge < -0.3 is 9.84 Å². The highest BCUT2D eigenvalue weighted by Crippen LogP contribution is 2.34. The van der Waals surface area contributed by atoms with Crippen LogP contribution in [0.15, 0.2) is 59.5 Å². The second-order valence-electron chi connectivity index (χ2n) is 5.36. The van der Waals surface area contributed by atoms with Crippen LogP contribution in [0.4, 0.5) is 4.79 Å². The summed E-state index contributed by atoms with van der Waals surface area (Å²) >= 11 is 0.904. The molecule has 1 atom stereocenters. The van der Waals surface area contributed by atoms with Gasteiger partial charge >= 0.3 is 11.3 Å². The van der Waals surface area contributed by atoms with Crippen molar-refractivity contribution in [1.29, 1.82) is 0 Å². The lowest BCUT2D eigenvalue weighted by atomic mass is 9.88. The lowest BCUT2D eigenvalue weighted by Gasteiger charge is -2.19. The minimum Gasteiger partial charge on any atom is -0.481 e. The van der Waals surface area contributed by atoms with Crippen LogP contribution in [0, 0.1) is 5.92 Å². The Hall–Kier alpha value is -2.27. The van der Waals surface area contributed by atoms with Crippen LogP contribution in [0.2, 0.25) is 0 Å². The van der Waals surface area contributed by atoms with E-state index < -0.39 is 17.2 Å². The molecule has 0 radical (unpaired) electrons. The van der Waals surface area contributed by atoms with Crippen molar-refractivity contribution in [3.8, 4) is 5.75 Å². The van der Waals surface area contributed by atoms with Crippen molar-refractivity contribution in [3.05, 3.63) is 60.2 Å². The number of carbonyl (C=O) groups is 2. The number of hydrogen-bond donors (Lipinski definition) is 1. The van der Waals surface area contributed by atoms with Crippen molar-refractivity contribution < 1.29 is 19.4 Å². The van der Waals surface area contributed by atoms with E-state index in [9.17, 15) is 14.7 Å². The highest BCUT2D eigenvalue weighted by molar-refractivity contribution is 8.13. The van der Waals surface area contributed by atoms with Gasteiger partial charge in [0.05, 0.1) is 5.92 Å². The van der Waals surface area contributed by atoms with E-state index in [4.69, 9.17) is 4.74 Å². The summed E-state index contributed by atoms with van der Waals surface area (Å²) in [5, 5.41) is 8.98. The monoisotopic (exact) mass is 330 g/mol. The van der Waals surface area contributed by atoms with E-state index in [1.807, 2.05) is 19.9 Å². The van der Waals surface area contributed by atoms with E-state index >= 15 is 0 Å². The molecule has 5 heteroatoms. The summed E-state index contributed by atoms with van der Waals surface area (Å²) in [5.74, 6) is -1.19. The summed E-state index contributed by atoms with van der Waals surface area (Å²) in [7, 11) is 0. The van der Waals surface area contributed by atoms with Gasteiger partial charge in [-0.15, -0.1) is 0 Å². The van der Waals surface area contributed by atoms with E-state index in [0.717, 1.165) is 11.8 Å². The molecule has 0 aliphatic heterocycles. The lowest BCUT2D eigenvalue weighted by Crippen LogP contribution is -2.18. The highest BCUT2D eigenvalue weighted by atomic mass is 32.2. The highest BCUT2D eigenvalue weighted by Gasteiger charge is 2.27. The summed E-state index contributed by atoms with van der Waals surface area (Å²) in [6, 6.07) is 15.8. The van der Waals surface area contributed by atoms with E-state index in [1.54, 1.807) is 48.5 Å². The zero-order valence-electron chi connectivity index (χ0n) is 12.9. The van der Waals surface area contributed by atoms with Crippen molar-refractivity contribution in [1.82, 2.24) is 0 Å². The normalized spacial score (nSPS) is 12.0. The molecule has 0 spiro atoms. The fourth-order valence-corrected chi connectivity index (χ4v) is 3.08. The number of hydrogen-bond acceptors (Lipinski definition) is 4. The predicted molar refractivity (Wildman–Crippen MR) is 90.0 cm³/mol. The average molecular weight is 330 g/mol. The van der Waals surface area contributed by atoms with E-state index in [2.05, 4.69) is 0 Å². The third-order valence-corrected chi connectivity index (χ3v) is 4.17. The first-order valence-electron chi connectivity index (χ1n) is 7.25. The van der Waals surface area contributed by atoms with Gasteiger partial charge in [0.25, 0.3) is 0 Å². The third-order valence-electron chi connectivity index (χ3n) is 3.32. The smallest absolute Gasteiger partial charge is 0.377 e. The average Bonchev–Trinajstić information content (AvgIpc) is 2.49. The van der Waals surface area contributed by atoms with Gasteiger partial charge in [-0.05, 0) is 41.4 Å². The maximum atomic E-state index is 12.1. The Kier molecular flexibility index (Phi) is 5.82. The molecule has 2 aromatic carbocycles. The molecule has 23 heavy (non-hydrogen) atoms. The maximum Gasteiger partial charge on any atom is 0.377 e. The molecule has 2 aromatic rings. The van der Waals surface area contributed by atoms with Crippen molar-refractivity contribution >= 4 is 23.0 Å². The number of benzene rings is 2. The number of carbonyl (C=O) groups excluding carboxylic acids is 1. The first-order valence-corrected chi connectivity index (χ1v) is 8.07. The van der Waals surface area contributed by atoms with Gasteiger partial charge in [-0.2, -0.15) is 0 Å². The first kappa shape index (κ1) is 17.1. The van der Waals surface area contributed by atoms with Crippen LogP contribution in [0.5, 0.6) is 5.75 Å². The van der Waals surface area contributed by atoms with Crippen molar-refractivity contribution in [2.75, 3.05) is 0 Å². The van der Waals surface area contributed by atoms with Gasteiger partial charge in [-0.3, -0.25) is 4.79 Å². The van der Waals surface area contributed by atoms with Crippen molar-refractivity contribution in [3.63, 3.8) is 0 Å². The summed E-state index contributed by atoms with van der Waals surface area (Å²) < 4.78 is 5.25. The number of rotatable bonds is 5. The molecule has 0 aliphatic rings. The van der Waals surface area contributed by atoms with Crippen molar-refractivity contribution in [2.24, 2.45) is 5.92 Å². The van der Waals surface area contributed by atoms with Gasteiger partial charge in [0.1, 0.15) is 5.75 Å². The molecule has 0 saturated heterocycles. The fraction of sp³-hybridized carbons (Fsp3) is 0.222. The Bertz CT molecular complexity index is 682. The van der Waals surface area contributed by atoms with Crippen LogP contribution in [-0.4, -0.2) is 16.4 Å². The number of ether oxygens (including phenoxy) is 1. The number of thioether (sulfide) groups is 1. The molecule has 0 saturated carbocycles. The molecule has 0 bridgehead atoms. The van der Waals surface area contributed by atoms with Crippen LogP contribution in [0.3, 0.4) is 0 Å². The van der Waals surface area contributed by atoms with Crippen LogP contribution in [0.1, 0.15) is 25.3 Å². The molecule has 0 aliphatic carbocycles. The number of aliphatic carboxylic acids is 1. The number of para-hydroxylation sites is 1. The summed E-state index contributed by atoms with van der Waals surface area (Å²) in [5.41, 5.74) is 0.630. The molecule has 2 rings (SSSR count). The standard InChI is InChI=1S/C18H18O4S/c1-12(2)16(17(19)20)14-10-6-7-11-15(14)23-18(21)22-13-8-4-3-5-9-13/h3-12,16H,1-2H3,(H,19,20). The minimum absolute atomic E-state index is 0.0839. The van der Waals surface area contributed by atoms with Crippen LogP contribution in [-0.2, 0) is 4.79 Å². The molecule has 0 aromatic heterocycles. The molecule has 0 amide bonds. The maximum absolute atomic E-state index is 12.1. The van der Waals surface area contributed by atoms with Gasteiger partial charge in [0.2, 0.25) is 0 Å². The largest absolute Gasteiger partial charge is 0.481 e. The Morgan fingerprint density at radius 2 is 1.61 bits per heavy atom. The van der Waals surface area contributed by atoms with Gasteiger partial charge in [-0.25, -0.2) is 4.79 Å².